The zero-order chi connectivity index (χ0) is 2.71. The van der Waals surface area contributed by atoms with Crippen molar-refractivity contribution in [2.45, 2.75) is 0 Å². The summed E-state index contributed by atoms with van der Waals surface area (Å²) in [6, 6.07) is 0. The Morgan fingerprint density at radius 3 is 1.25 bits per heavy atom. The van der Waals surface area contributed by atoms with Crippen LogP contribution in [-0.2, 0) is 0 Å². The van der Waals surface area contributed by atoms with Crippen LogP contribution >= 0.6 is 0 Å². The van der Waals surface area contributed by atoms with Gasteiger partial charge in [0.25, 0.3) is 0 Å². The second-order valence-corrected chi connectivity index (χ2v) is 0.204. The summed E-state index contributed by atoms with van der Waals surface area (Å²) in [6.45, 7) is 0. The largest absolute Gasteiger partial charge is 0.412 e. The van der Waals surface area contributed by atoms with E-state index in [1.165, 1.54) is 0 Å². The molecular formula is H3ClO3. The molecule has 0 rings (SSSR count). The molecule has 0 unspecified atom stereocenters. The molecule has 0 aromatic heterocycles. The molecule has 0 saturated heterocycles. The van der Waals surface area contributed by atoms with Gasteiger partial charge >= 0.3 is 0 Å². The zero-order valence-corrected chi connectivity index (χ0v) is 2.54. The fourth-order valence-electron chi connectivity index (χ4n) is 0. The lowest BCUT2D eigenvalue weighted by molar-refractivity contribution is -1.41. The second-order valence-electron chi connectivity index (χ2n) is 0.0680. The number of rotatable bonds is 0. The third-order valence-electron chi connectivity index (χ3n) is 0. The van der Waals surface area contributed by atoms with Crippen LogP contribution in [0.1, 0.15) is 0 Å². The van der Waals surface area contributed by atoms with Gasteiger partial charge < -0.3 is 14.8 Å². The van der Waals surface area contributed by atoms with Crippen molar-refractivity contribution in [3.8, 4) is 0 Å². The van der Waals surface area contributed by atoms with E-state index < -0.39 is 11.3 Å². The van der Waals surface area contributed by atoms with Crippen molar-refractivity contribution < 1.29 is 26.1 Å². The molecule has 0 heterocycles. The summed E-state index contributed by atoms with van der Waals surface area (Å²) >= 11 is -0.750. The smallest absolute Gasteiger partial charge is 0.0204 e. The first kappa shape index (κ1) is 8.90. The van der Waals surface area contributed by atoms with Gasteiger partial charge in [-0.1, -0.05) is 0 Å². The molecule has 0 spiro atoms. The van der Waals surface area contributed by atoms with Gasteiger partial charge in [0, 0.05) is 11.3 Å². The quantitative estimate of drug-likeness (QED) is 0.307. The summed E-state index contributed by atoms with van der Waals surface area (Å²) in [5, 5.41) is 0. The van der Waals surface area contributed by atoms with Crippen molar-refractivity contribution in [3.05, 3.63) is 0 Å². The fourth-order valence-corrected chi connectivity index (χ4v) is 0. The molecule has 0 bridgehead atoms. The summed E-state index contributed by atoms with van der Waals surface area (Å²) in [5.41, 5.74) is 0. The van der Waals surface area contributed by atoms with Crippen molar-refractivity contribution in [3.63, 3.8) is 0 Å². The van der Waals surface area contributed by atoms with E-state index >= 15 is 0 Å². The standard InChI is InChI=1S/ClHO2.H2O/c2-1-3;/h1H;1H2. The van der Waals surface area contributed by atoms with Gasteiger partial charge in [0.15, 0.2) is 0 Å². The Morgan fingerprint density at radius 1 is 1.25 bits per heavy atom. The summed E-state index contributed by atoms with van der Waals surface area (Å²) in [4.78, 5) is 0. The van der Waals surface area contributed by atoms with Crippen LogP contribution in [0.15, 0.2) is 0 Å². The normalized spacial score (nSPS) is 4.50. The Morgan fingerprint density at radius 2 is 1.25 bits per heavy atom. The lowest BCUT2D eigenvalue weighted by Crippen LogP contribution is -2.13. The van der Waals surface area contributed by atoms with Crippen LogP contribution in [0.2, 0.25) is 0 Å². The molecule has 4 heteroatoms. The molecule has 0 aromatic carbocycles. The van der Waals surface area contributed by atoms with E-state index in [1.54, 1.807) is 0 Å². The highest BCUT2D eigenvalue weighted by molar-refractivity contribution is 1.41. The first-order valence-electron chi connectivity index (χ1n) is 0.333. The highest BCUT2D eigenvalue weighted by Gasteiger charge is 1.25. The SMILES string of the molecule is O.[O-][ClH+2][O-]. The molecular weight excluding hydrogens is 83.5 g/mol. The highest BCUT2D eigenvalue weighted by atomic mass is 35.6. The van der Waals surface area contributed by atoms with Crippen LogP contribution in [0.25, 0.3) is 0 Å². The van der Waals surface area contributed by atoms with Crippen molar-refractivity contribution >= 4 is 0 Å². The van der Waals surface area contributed by atoms with Gasteiger partial charge in [-0.05, 0) is 0 Å². The molecule has 0 aromatic rings. The summed E-state index contributed by atoms with van der Waals surface area (Å²) < 4.78 is 16.6. The highest BCUT2D eigenvalue weighted by Crippen LogP contribution is 0.940. The van der Waals surface area contributed by atoms with E-state index in [-0.39, 0.29) is 5.48 Å². The molecule has 28 valence electrons. The molecule has 0 aliphatic carbocycles. The van der Waals surface area contributed by atoms with Crippen LogP contribution in [0.4, 0.5) is 0 Å². The maximum Gasteiger partial charge on any atom is 0.0204 e. The first-order chi connectivity index (χ1) is 1.41. The van der Waals surface area contributed by atoms with Gasteiger partial charge in [0.05, 0.1) is 0 Å². The van der Waals surface area contributed by atoms with Gasteiger partial charge in [-0.2, -0.15) is 0 Å². The monoisotopic (exact) mass is 86.0 g/mol. The van der Waals surface area contributed by atoms with Crippen LogP contribution in [0.5, 0.6) is 0 Å². The van der Waals surface area contributed by atoms with E-state index in [0.29, 0.717) is 0 Å². The Labute approximate surface area is 27.2 Å². The minimum Gasteiger partial charge on any atom is -0.412 e. The molecule has 0 saturated carbocycles. The Bertz CT molecular complexity index is 3.25. The molecule has 0 fully saturated rings. The molecule has 0 atom stereocenters. The van der Waals surface area contributed by atoms with Crippen molar-refractivity contribution in [1.82, 2.24) is 0 Å². The van der Waals surface area contributed by atoms with Crippen molar-refractivity contribution in [2.24, 2.45) is 0 Å². The van der Waals surface area contributed by atoms with Crippen LogP contribution in [0.3, 0.4) is 0 Å². The lowest BCUT2D eigenvalue weighted by atomic mass is 15.9. The topological polar surface area (TPSA) is 77.6 Å². The van der Waals surface area contributed by atoms with E-state index in [4.69, 9.17) is 9.32 Å². The molecule has 4 heavy (non-hydrogen) atoms. The lowest BCUT2D eigenvalue weighted by Gasteiger charge is -1.60. The third kappa shape index (κ3) is 103. The van der Waals surface area contributed by atoms with Gasteiger partial charge in [0.2, 0.25) is 0 Å². The predicted octanol–water partition coefficient (Wildman–Crippen LogP) is -3.47. The van der Waals surface area contributed by atoms with E-state index in [0.717, 1.165) is 0 Å². The number of halogens is 1. The predicted molar refractivity (Wildman–Crippen MR) is 5.01 cm³/mol. The average Bonchev–Trinajstić information content (AvgIpc) is 0.918. The van der Waals surface area contributed by atoms with Crippen molar-refractivity contribution in [2.75, 3.05) is 0 Å². The number of hydrogen-bond acceptors (Lipinski definition) is 2. The van der Waals surface area contributed by atoms with E-state index in [2.05, 4.69) is 0 Å². The maximum absolute atomic E-state index is 8.29. The molecule has 0 amide bonds. The molecule has 3 nitrogen and oxygen atoms in total. The zero-order valence-electron chi connectivity index (χ0n) is 1.72. The van der Waals surface area contributed by atoms with E-state index in [9.17, 15) is 0 Å². The summed E-state index contributed by atoms with van der Waals surface area (Å²) in [5.74, 6) is 0. The number of hydrogen-bond donors (Lipinski definition) is 0. The fraction of sp³-hybridized carbons (Fsp3) is 0. The third-order valence-corrected chi connectivity index (χ3v) is 0. The summed E-state index contributed by atoms with van der Waals surface area (Å²) in [7, 11) is 0. The molecule has 0 radical (unpaired) electrons. The molecule has 2 N–H and O–H groups in total. The first-order valence-corrected chi connectivity index (χ1v) is 1.00. The van der Waals surface area contributed by atoms with Crippen LogP contribution in [0, 0.1) is 11.3 Å². The second kappa shape index (κ2) is 10.9. The maximum atomic E-state index is 8.29. The average molecular weight is 86.5 g/mol. The minimum atomic E-state index is -0.750. The van der Waals surface area contributed by atoms with Crippen LogP contribution in [-0.4, -0.2) is 5.48 Å². The minimum absolute atomic E-state index is 0. The molecule has 0 aliphatic rings. The van der Waals surface area contributed by atoms with Crippen LogP contribution < -0.4 is 9.32 Å². The molecule has 0 aliphatic heterocycles. The van der Waals surface area contributed by atoms with Gasteiger partial charge in [-0.3, -0.25) is 0 Å². The van der Waals surface area contributed by atoms with E-state index in [1.807, 2.05) is 0 Å². The Hall–Kier alpha value is 0.170. The van der Waals surface area contributed by atoms with Gasteiger partial charge in [0.1, 0.15) is 0 Å². The van der Waals surface area contributed by atoms with Gasteiger partial charge in [-0.25, -0.2) is 0 Å². The van der Waals surface area contributed by atoms with Crippen molar-refractivity contribution in [1.29, 1.82) is 0 Å². The Kier molecular flexibility index (Phi) is 24.3. The Balaban J connectivity index is 0. The van der Waals surface area contributed by atoms with Gasteiger partial charge in [-0.15, -0.1) is 0 Å². The summed E-state index contributed by atoms with van der Waals surface area (Å²) in [6.07, 6.45) is 0.